The highest BCUT2D eigenvalue weighted by atomic mass is 35.5. The highest BCUT2D eigenvalue weighted by Crippen LogP contribution is 2.19. The van der Waals surface area contributed by atoms with Crippen molar-refractivity contribution in [1.29, 1.82) is 0 Å². The predicted molar refractivity (Wildman–Crippen MR) is 72.3 cm³/mol. The van der Waals surface area contributed by atoms with E-state index in [4.69, 9.17) is 23.2 Å². The van der Waals surface area contributed by atoms with Crippen LogP contribution in [0.5, 0.6) is 0 Å². The second-order valence-corrected chi connectivity index (χ2v) is 5.24. The lowest BCUT2D eigenvalue weighted by atomic mass is 10.2. The van der Waals surface area contributed by atoms with E-state index < -0.39 is 11.9 Å². The Hall–Kier alpha value is -1.33. The third-order valence-corrected chi connectivity index (χ3v) is 3.21. The zero-order valence-electron chi connectivity index (χ0n) is 10.2. The van der Waals surface area contributed by atoms with Gasteiger partial charge in [0, 0.05) is 6.04 Å². The van der Waals surface area contributed by atoms with Crippen LogP contribution < -0.4 is 10.6 Å². The minimum atomic E-state index is -0.648. The van der Waals surface area contributed by atoms with E-state index in [0.29, 0.717) is 0 Å². The minimum absolute atomic E-state index is 0.0141. The van der Waals surface area contributed by atoms with Gasteiger partial charge in [-0.3, -0.25) is 9.59 Å². The molecule has 102 valence electrons. The molecule has 5 nitrogen and oxygen atoms in total. The van der Waals surface area contributed by atoms with Gasteiger partial charge < -0.3 is 10.6 Å². The van der Waals surface area contributed by atoms with Gasteiger partial charge in [0.25, 0.3) is 5.91 Å². The van der Waals surface area contributed by atoms with Crippen molar-refractivity contribution in [3.05, 3.63) is 28.0 Å². The minimum Gasteiger partial charge on any atom is -0.352 e. The zero-order chi connectivity index (χ0) is 14.0. The molecule has 0 aromatic carbocycles. The van der Waals surface area contributed by atoms with Gasteiger partial charge in [0.05, 0.1) is 5.02 Å². The average Bonchev–Trinajstić information content (AvgIpc) is 3.15. The molecular weight excluding hydrogens is 289 g/mol. The van der Waals surface area contributed by atoms with Crippen LogP contribution in [0.25, 0.3) is 0 Å². The van der Waals surface area contributed by atoms with E-state index in [9.17, 15) is 9.59 Å². The molecular formula is C12H13Cl2N3O2. The Morgan fingerprint density at radius 1 is 1.37 bits per heavy atom. The van der Waals surface area contributed by atoms with E-state index in [0.717, 1.165) is 12.8 Å². The summed E-state index contributed by atoms with van der Waals surface area (Å²) in [6, 6.07) is 2.58. The van der Waals surface area contributed by atoms with Crippen LogP contribution in [-0.4, -0.2) is 28.9 Å². The van der Waals surface area contributed by atoms with Gasteiger partial charge in [0.1, 0.15) is 16.9 Å². The molecule has 1 atom stereocenters. The molecule has 0 saturated heterocycles. The number of pyridine rings is 1. The van der Waals surface area contributed by atoms with Crippen LogP contribution in [-0.2, 0) is 4.79 Å². The van der Waals surface area contributed by atoms with Crippen molar-refractivity contribution in [3.63, 3.8) is 0 Å². The number of amides is 2. The van der Waals surface area contributed by atoms with Crippen molar-refractivity contribution < 1.29 is 9.59 Å². The number of carbonyl (C=O) groups excluding carboxylic acids is 2. The first-order valence-corrected chi connectivity index (χ1v) is 6.66. The Balaban J connectivity index is 1.99. The Morgan fingerprint density at radius 3 is 2.68 bits per heavy atom. The highest BCUT2D eigenvalue weighted by molar-refractivity contribution is 6.34. The molecule has 7 heteroatoms. The topological polar surface area (TPSA) is 71.1 Å². The summed E-state index contributed by atoms with van der Waals surface area (Å²) in [6.45, 7) is 1.61. The van der Waals surface area contributed by atoms with Gasteiger partial charge >= 0.3 is 0 Å². The van der Waals surface area contributed by atoms with Crippen molar-refractivity contribution in [2.24, 2.45) is 0 Å². The van der Waals surface area contributed by atoms with Crippen molar-refractivity contribution in [1.82, 2.24) is 15.6 Å². The molecule has 2 N–H and O–H groups in total. The second-order valence-electron chi connectivity index (χ2n) is 4.44. The van der Waals surface area contributed by atoms with E-state index in [1.54, 1.807) is 6.92 Å². The van der Waals surface area contributed by atoms with Gasteiger partial charge in [0.15, 0.2) is 0 Å². The molecule has 19 heavy (non-hydrogen) atoms. The largest absolute Gasteiger partial charge is 0.352 e. The third-order valence-electron chi connectivity index (χ3n) is 2.69. The van der Waals surface area contributed by atoms with Gasteiger partial charge in [-0.05, 0) is 31.9 Å². The molecule has 1 unspecified atom stereocenters. The molecule has 1 aliphatic carbocycles. The van der Waals surface area contributed by atoms with Crippen LogP contribution in [0.4, 0.5) is 0 Å². The summed E-state index contributed by atoms with van der Waals surface area (Å²) >= 11 is 11.6. The maximum Gasteiger partial charge on any atom is 0.272 e. The van der Waals surface area contributed by atoms with Crippen molar-refractivity contribution in [3.8, 4) is 0 Å². The summed E-state index contributed by atoms with van der Waals surface area (Å²) in [7, 11) is 0. The Morgan fingerprint density at radius 2 is 2.05 bits per heavy atom. The number of nitrogens with one attached hydrogen (secondary N) is 2. The average molecular weight is 302 g/mol. The molecule has 0 bridgehead atoms. The number of hydrogen-bond acceptors (Lipinski definition) is 3. The summed E-state index contributed by atoms with van der Waals surface area (Å²) in [5, 5.41) is 5.71. The first-order chi connectivity index (χ1) is 8.97. The van der Waals surface area contributed by atoms with Crippen molar-refractivity contribution in [2.75, 3.05) is 0 Å². The quantitative estimate of drug-likeness (QED) is 0.833. The van der Waals surface area contributed by atoms with Crippen LogP contribution in [0.15, 0.2) is 12.1 Å². The van der Waals surface area contributed by atoms with Gasteiger partial charge in [-0.2, -0.15) is 0 Å². The monoisotopic (exact) mass is 301 g/mol. The van der Waals surface area contributed by atoms with Crippen molar-refractivity contribution in [2.45, 2.75) is 31.8 Å². The fourth-order valence-electron chi connectivity index (χ4n) is 1.46. The first kappa shape index (κ1) is 14.1. The standard InChI is InChI=1S/C12H13Cl2N3O2/c1-6(11(18)16-7-2-3-7)15-12(19)10-8(13)4-5-9(14)17-10/h4-7H,2-3H2,1H3,(H,15,19)(H,16,18). The van der Waals surface area contributed by atoms with Gasteiger partial charge in [-0.1, -0.05) is 23.2 Å². The van der Waals surface area contributed by atoms with Crippen LogP contribution >= 0.6 is 23.2 Å². The lowest BCUT2D eigenvalue weighted by molar-refractivity contribution is -0.122. The fourth-order valence-corrected chi connectivity index (χ4v) is 1.80. The third kappa shape index (κ3) is 3.81. The van der Waals surface area contributed by atoms with Gasteiger partial charge in [-0.25, -0.2) is 4.98 Å². The highest BCUT2D eigenvalue weighted by Gasteiger charge is 2.26. The molecule has 1 fully saturated rings. The van der Waals surface area contributed by atoms with Crippen LogP contribution in [0, 0.1) is 0 Å². The van der Waals surface area contributed by atoms with E-state index in [2.05, 4.69) is 15.6 Å². The molecule has 1 saturated carbocycles. The van der Waals surface area contributed by atoms with Gasteiger partial charge in [0.2, 0.25) is 5.91 Å². The maximum atomic E-state index is 11.9. The Kier molecular flexibility index (Phi) is 4.27. The van der Waals surface area contributed by atoms with E-state index in [1.165, 1.54) is 12.1 Å². The molecule has 1 aliphatic rings. The number of aromatic nitrogens is 1. The Bertz CT molecular complexity index is 518. The lowest BCUT2D eigenvalue weighted by Gasteiger charge is -2.14. The molecule has 2 amide bonds. The maximum absolute atomic E-state index is 11.9. The molecule has 0 aliphatic heterocycles. The molecule has 1 heterocycles. The summed E-state index contributed by atoms with van der Waals surface area (Å²) in [6.07, 6.45) is 1.99. The normalized spacial score (nSPS) is 15.7. The van der Waals surface area contributed by atoms with Crippen LogP contribution in [0.1, 0.15) is 30.3 Å². The molecule has 1 aromatic heterocycles. The molecule has 2 rings (SSSR count). The number of halogens is 2. The first-order valence-electron chi connectivity index (χ1n) is 5.90. The van der Waals surface area contributed by atoms with E-state index >= 15 is 0 Å². The second kappa shape index (κ2) is 5.75. The SMILES string of the molecule is CC(NC(=O)c1nc(Cl)ccc1Cl)C(=O)NC1CC1. The summed E-state index contributed by atoms with van der Waals surface area (Å²) < 4.78 is 0. The molecule has 0 spiro atoms. The summed E-state index contributed by atoms with van der Waals surface area (Å²) in [4.78, 5) is 27.5. The molecule has 0 radical (unpaired) electrons. The molecule has 1 aromatic rings. The number of rotatable bonds is 4. The number of carbonyl (C=O) groups is 2. The fraction of sp³-hybridized carbons (Fsp3) is 0.417. The number of nitrogens with zero attached hydrogens (tertiary/aromatic N) is 1. The predicted octanol–water partition coefficient (Wildman–Crippen LogP) is 1.79. The Labute approximate surface area is 120 Å². The summed E-state index contributed by atoms with van der Waals surface area (Å²) in [5.74, 6) is -0.736. The smallest absolute Gasteiger partial charge is 0.272 e. The summed E-state index contributed by atoms with van der Waals surface area (Å²) in [5.41, 5.74) is 0.0141. The zero-order valence-corrected chi connectivity index (χ0v) is 11.8. The van der Waals surface area contributed by atoms with Crippen LogP contribution in [0.3, 0.4) is 0 Å². The number of hydrogen-bond donors (Lipinski definition) is 2. The van der Waals surface area contributed by atoms with Crippen LogP contribution in [0.2, 0.25) is 10.2 Å². The van der Waals surface area contributed by atoms with E-state index in [1.807, 2.05) is 0 Å². The van der Waals surface area contributed by atoms with Gasteiger partial charge in [-0.15, -0.1) is 0 Å². The van der Waals surface area contributed by atoms with Crippen molar-refractivity contribution >= 4 is 35.0 Å². The lowest BCUT2D eigenvalue weighted by Crippen LogP contribution is -2.45. The van der Waals surface area contributed by atoms with E-state index in [-0.39, 0.29) is 27.8 Å².